The Labute approximate surface area is 135 Å². The molecule has 0 amide bonds. The molecule has 5 heteroatoms. The molecule has 0 atom stereocenters. The third-order valence-corrected chi connectivity index (χ3v) is 4.25. The smallest absolute Gasteiger partial charge is 0.243 e. The number of fused-ring (bicyclic) bond motifs is 1. The first-order valence-electron chi connectivity index (χ1n) is 8.06. The Kier molecular flexibility index (Phi) is 7.00. The van der Waals surface area contributed by atoms with Gasteiger partial charge in [0.1, 0.15) is 0 Å². The highest BCUT2D eigenvalue weighted by Gasteiger charge is 2.05. The van der Waals surface area contributed by atoms with Gasteiger partial charge in [-0.15, -0.1) is 5.10 Å². The van der Waals surface area contributed by atoms with Crippen molar-refractivity contribution in [3.63, 3.8) is 0 Å². The summed E-state index contributed by atoms with van der Waals surface area (Å²) in [6, 6.07) is 3.93. The molecule has 2 heterocycles. The largest absolute Gasteiger partial charge is 0.353 e. The molecule has 0 spiro atoms. The number of anilines is 1. The number of halogens is 1. The van der Waals surface area contributed by atoms with Crippen LogP contribution >= 0.6 is 15.9 Å². The molecule has 2 rings (SSSR count). The molecule has 0 radical (unpaired) electrons. The Morgan fingerprint density at radius 3 is 2.52 bits per heavy atom. The third kappa shape index (κ3) is 5.30. The van der Waals surface area contributed by atoms with Crippen LogP contribution in [0.3, 0.4) is 0 Å². The number of rotatable bonds is 10. The summed E-state index contributed by atoms with van der Waals surface area (Å²) >= 11 is 3.49. The van der Waals surface area contributed by atoms with Gasteiger partial charge in [0.25, 0.3) is 0 Å². The molecule has 2 aromatic rings. The highest BCUT2D eigenvalue weighted by molar-refractivity contribution is 9.10. The highest BCUT2D eigenvalue weighted by atomic mass is 79.9. The van der Waals surface area contributed by atoms with Crippen molar-refractivity contribution in [2.75, 3.05) is 11.9 Å². The maximum atomic E-state index is 4.47. The van der Waals surface area contributed by atoms with Gasteiger partial charge in [-0.1, -0.05) is 51.9 Å². The quantitative estimate of drug-likeness (QED) is 0.608. The van der Waals surface area contributed by atoms with Gasteiger partial charge in [0.05, 0.1) is 4.47 Å². The van der Waals surface area contributed by atoms with Gasteiger partial charge in [0.15, 0.2) is 5.65 Å². The van der Waals surface area contributed by atoms with E-state index in [1.165, 1.54) is 51.4 Å². The molecule has 0 aromatic carbocycles. The highest BCUT2D eigenvalue weighted by Crippen LogP contribution is 2.16. The molecule has 116 valence electrons. The maximum absolute atomic E-state index is 4.47. The van der Waals surface area contributed by atoms with E-state index in [-0.39, 0.29) is 0 Å². The van der Waals surface area contributed by atoms with Crippen LogP contribution in [0.5, 0.6) is 0 Å². The van der Waals surface area contributed by atoms with Gasteiger partial charge < -0.3 is 5.32 Å². The topological polar surface area (TPSA) is 42.2 Å². The summed E-state index contributed by atoms with van der Waals surface area (Å²) in [5, 5.41) is 7.71. The van der Waals surface area contributed by atoms with Crippen molar-refractivity contribution in [3.05, 3.63) is 22.8 Å². The molecule has 21 heavy (non-hydrogen) atoms. The van der Waals surface area contributed by atoms with Crippen molar-refractivity contribution in [1.29, 1.82) is 0 Å². The summed E-state index contributed by atoms with van der Waals surface area (Å²) in [6.07, 6.45) is 12.6. The number of hydrogen-bond acceptors (Lipinski definition) is 3. The second kappa shape index (κ2) is 9.03. The molecular formula is C16H25BrN4. The Hall–Kier alpha value is -1.10. The first kappa shape index (κ1) is 16.3. The van der Waals surface area contributed by atoms with Crippen molar-refractivity contribution in [2.45, 2.75) is 58.3 Å². The number of aromatic nitrogens is 3. The number of unbranched alkanes of at least 4 members (excludes halogenated alkanes) is 7. The SMILES string of the molecule is CCCCCCCCCCNc1nc2c(Br)cccn2n1. The van der Waals surface area contributed by atoms with E-state index in [0.717, 1.165) is 16.7 Å². The van der Waals surface area contributed by atoms with Crippen molar-refractivity contribution >= 4 is 27.5 Å². The predicted octanol–water partition coefficient (Wildman–Crippen LogP) is 5.04. The van der Waals surface area contributed by atoms with E-state index in [1.54, 1.807) is 4.52 Å². The molecule has 1 N–H and O–H groups in total. The predicted molar refractivity (Wildman–Crippen MR) is 91.8 cm³/mol. The average Bonchev–Trinajstić information content (AvgIpc) is 2.90. The van der Waals surface area contributed by atoms with Crippen molar-refractivity contribution in [3.8, 4) is 0 Å². The second-order valence-electron chi connectivity index (χ2n) is 5.46. The Balaban J connectivity index is 1.61. The van der Waals surface area contributed by atoms with Gasteiger partial charge >= 0.3 is 0 Å². The number of nitrogens with zero attached hydrogens (tertiary/aromatic N) is 3. The summed E-state index contributed by atoms with van der Waals surface area (Å²) in [6.45, 7) is 3.21. The summed E-state index contributed by atoms with van der Waals surface area (Å²) in [5.74, 6) is 0.713. The minimum Gasteiger partial charge on any atom is -0.353 e. The molecule has 0 saturated carbocycles. The van der Waals surface area contributed by atoms with E-state index in [1.807, 2.05) is 18.3 Å². The summed E-state index contributed by atoms with van der Waals surface area (Å²) in [5.41, 5.74) is 0.857. The monoisotopic (exact) mass is 352 g/mol. The lowest BCUT2D eigenvalue weighted by Gasteiger charge is -2.02. The number of pyridine rings is 1. The fourth-order valence-corrected chi connectivity index (χ4v) is 2.83. The van der Waals surface area contributed by atoms with Gasteiger partial charge in [-0.2, -0.15) is 4.98 Å². The molecule has 0 aliphatic rings. The van der Waals surface area contributed by atoms with E-state index in [9.17, 15) is 0 Å². The summed E-state index contributed by atoms with van der Waals surface area (Å²) < 4.78 is 2.76. The minimum absolute atomic E-state index is 0.713. The molecule has 0 fully saturated rings. The molecule has 2 aromatic heterocycles. The molecule has 0 bridgehead atoms. The average molecular weight is 353 g/mol. The van der Waals surface area contributed by atoms with Gasteiger partial charge in [-0.3, -0.25) is 0 Å². The molecular weight excluding hydrogens is 328 g/mol. The van der Waals surface area contributed by atoms with Crippen LogP contribution in [0, 0.1) is 0 Å². The van der Waals surface area contributed by atoms with Crippen molar-refractivity contribution in [1.82, 2.24) is 14.6 Å². The zero-order valence-corrected chi connectivity index (χ0v) is 14.4. The minimum atomic E-state index is 0.713. The first-order chi connectivity index (χ1) is 10.3. The van der Waals surface area contributed by atoms with Crippen LogP contribution in [0.15, 0.2) is 22.8 Å². The van der Waals surface area contributed by atoms with E-state index in [2.05, 4.69) is 38.3 Å². The van der Waals surface area contributed by atoms with Gasteiger partial charge in [-0.25, -0.2) is 4.52 Å². The van der Waals surface area contributed by atoms with E-state index in [0.29, 0.717) is 5.95 Å². The molecule has 0 unspecified atom stereocenters. The number of hydrogen-bond donors (Lipinski definition) is 1. The van der Waals surface area contributed by atoms with E-state index >= 15 is 0 Å². The molecule has 0 saturated heterocycles. The normalized spacial score (nSPS) is 11.1. The van der Waals surface area contributed by atoms with Gasteiger partial charge in [0.2, 0.25) is 5.95 Å². The van der Waals surface area contributed by atoms with Crippen LogP contribution in [0.4, 0.5) is 5.95 Å². The van der Waals surface area contributed by atoms with Crippen molar-refractivity contribution < 1.29 is 0 Å². The number of nitrogens with one attached hydrogen (secondary N) is 1. The van der Waals surface area contributed by atoms with Crippen LogP contribution in [0.2, 0.25) is 0 Å². The fourth-order valence-electron chi connectivity index (χ4n) is 2.41. The van der Waals surface area contributed by atoms with Crippen LogP contribution in [-0.2, 0) is 0 Å². The van der Waals surface area contributed by atoms with Crippen LogP contribution < -0.4 is 5.32 Å². The molecule has 0 aliphatic carbocycles. The third-order valence-electron chi connectivity index (χ3n) is 3.63. The summed E-state index contributed by atoms with van der Waals surface area (Å²) in [7, 11) is 0. The summed E-state index contributed by atoms with van der Waals surface area (Å²) in [4.78, 5) is 4.47. The van der Waals surface area contributed by atoms with Crippen molar-refractivity contribution in [2.24, 2.45) is 0 Å². The Morgan fingerprint density at radius 1 is 1.10 bits per heavy atom. The second-order valence-corrected chi connectivity index (χ2v) is 6.32. The lowest BCUT2D eigenvalue weighted by atomic mass is 10.1. The maximum Gasteiger partial charge on any atom is 0.243 e. The molecule has 0 aliphatic heterocycles. The standard InChI is InChI=1S/C16H25BrN4/c1-2-3-4-5-6-7-8-9-12-18-16-19-15-14(17)11-10-13-21(15)20-16/h10-11,13H,2-9,12H2,1H3,(H,18,20). The molecule has 4 nitrogen and oxygen atoms in total. The van der Waals surface area contributed by atoms with Gasteiger partial charge in [-0.05, 0) is 34.5 Å². The van der Waals surface area contributed by atoms with Gasteiger partial charge in [0, 0.05) is 12.7 Å². The van der Waals surface area contributed by atoms with Crippen LogP contribution in [0.25, 0.3) is 5.65 Å². The van der Waals surface area contributed by atoms with E-state index < -0.39 is 0 Å². The van der Waals surface area contributed by atoms with Crippen LogP contribution in [-0.4, -0.2) is 21.1 Å². The Bertz CT molecular complexity index is 538. The lowest BCUT2D eigenvalue weighted by molar-refractivity contribution is 0.581. The van der Waals surface area contributed by atoms with Crippen LogP contribution in [0.1, 0.15) is 58.3 Å². The lowest BCUT2D eigenvalue weighted by Crippen LogP contribution is -2.03. The van der Waals surface area contributed by atoms with E-state index in [4.69, 9.17) is 0 Å². The zero-order chi connectivity index (χ0) is 14.9. The fraction of sp³-hybridized carbons (Fsp3) is 0.625. The first-order valence-corrected chi connectivity index (χ1v) is 8.85. The zero-order valence-electron chi connectivity index (χ0n) is 12.8. The Morgan fingerprint density at radius 2 is 1.81 bits per heavy atom.